The van der Waals surface area contributed by atoms with Crippen LogP contribution < -0.4 is 10.3 Å². The Hall–Kier alpha value is -3.40. The number of nitrogens with two attached hydrogens (primary N) is 1. The SMILES string of the molecule is CC(C)(C)[Si](C)(C)On1c(-c2cccnc2N)nc2ccc(-c3cccc(C(F)(F)F)c3)nc21. The number of pyridine rings is 2. The normalized spacial score (nSPS) is 12.8. The quantitative estimate of drug-likeness (QED) is 0.349. The number of benzene rings is 1. The molecule has 0 aliphatic carbocycles. The first-order chi connectivity index (χ1) is 15.8. The maximum absolute atomic E-state index is 13.3. The van der Waals surface area contributed by atoms with Crippen LogP contribution in [0, 0.1) is 0 Å². The third kappa shape index (κ3) is 4.37. The molecule has 0 spiro atoms. The molecule has 0 amide bonds. The Morgan fingerprint density at radius 2 is 1.71 bits per heavy atom. The van der Waals surface area contributed by atoms with Gasteiger partial charge in [-0.1, -0.05) is 32.9 Å². The lowest BCUT2D eigenvalue weighted by molar-refractivity contribution is -0.137. The van der Waals surface area contributed by atoms with E-state index in [-0.39, 0.29) is 10.9 Å². The fourth-order valence-corrected chi connectivity index (χ4v) is 4.08. The summed E-state index contributed by atoms with van der Waals surface area (Å²) in [6.45, 7) is 10.5. The van der Waals surface area contributed by atoms with Crippen LogP contribution >= 0.6 is 0 Å². The fourth-order valence-electron chi connectivity index (χ4n) is 3.18. The summed E-state index contributed by atoms with van der Waals surface area (Å²) in [6, 6.07) is 12.0. The Kier molecular flexibility index (Phi) is 5.67. The Morgan fingerprint density at radius 1 is 0.971 bits per heavy atom. The van der Waals surface area contributed by atoms with Crippen LogP contribution in [0.25, 0.3) is 33.8 Å². The van der Waals surface area contributed by atoms with Gasteiger partial charge >= 0.3 is 6.18 Å². The molecule has 34 heavy (non-hydrogen) atoms. The third-order valence-electron chi connectivity index (χ3n) is 6.16. The van der Waals surface area contributed by atoms with Gasteiger partial charge in [0.2, 0.25) is 0 Å². The average Bonchev–Trinajstić information content (AvgIpc) is 3.09. The molecule has 0 aliphatic heterocycles. The second kappa shape index (κ2) is 8.12. The van der Waals surface area contributed by atoms with Gasteiger partial charge in [-0.25, -0.2) is 15.0 Å². The van der Waals surface area contributed by atoms with Crippen molar-refractivity contribution in [1.82, 2.24) is 19.7 Å². The Balaban J connectivity index is 1.94. The minimum atomic E-state index is -4.45. The lowest BCUT2D eigenvalue weighted by Crippen LogP contribution is -2.48. The molecule has 0 bridgehead atoms. The first-order valence-electron chi connectivity index (χ1n) is 10.8. The highest BCUT2D eigenvalue weighted by atomic mass is 28.4. The summed E-state index contributed by atoms with van der Waals surface area (Å²) in [5, 5.41) is -0.125. The van der Waals surface area contributed by atoms with Gasteiger partial charge in [0, 0.05) is 11.8 Å². The molecule has 0 aliphatic rings. The van der Waals surface area contributed by atoms with Gasteiger partial charge in [0.15, 0.2) is 11.5 Å². The molecular formula is C24H26F3N5OSi. The molecule has 0 radical (unpaired) electrons. The second-order valence-electron chi connectivity index (χ2n) is 9.64. The molecule has 0 atom stereocenters. The first kappa shape index (κ1) is 23.7. The number of aromatic nitrogens is 4. The molecule has 0 saturated carbocycles. The van der Waals surface area contributed by atoms with Crippen molar-refractivity contribution in [3.05, 3.63) is 60.3 Å². The van der Waals surface area contributed by atoms with Crippen molar-refractivity contribution in [3.8, 4) is 22.6 Å². The van der Waals surface area contributed by atoms with Crippen LogP contribution in [0.15, 0.2) is 54.7 Å². The molecule has 2 N–H and O–H groups in total. The standard InChI is InChI=1S/C24H26F3N5OSi/c1-23(2,3)34(4,5)33-32-21(17-10-7-13-29-20(17)28)31-19-12-11-18(30-22(19)32)15-8-6-9-16(14-15)24(25,26)27/h6-14H,1-5H3,(H2,28,29). The Morgan fingerprint density at radius 3 is 2.35 bits per heavy atom. The maximum atomic E-state index is 13.3. The van der Waals surface area contributed by atoms with Gasteiger partial charge in [-0.05, 0) is 54.5 Å². The fraction of sp³-hybridized carbons (Fsp3) is 0.292. The summed E-state index contributed by atoms with van der Waals surface area (Å²) in [5.74, 6) is 0.732. The summed E-state index contributed by atoms with van der Waals surface area (Å²) >= 11 is 0. The van der Waals surface area contributed by atoms with E-state index in [9.17, 15) is 13.2 Å². The van der Waals surface area contributed by atoms with Gasteiger partial charge in [0.05, 0.1) is 16.8 Å². The number of rotatable bonds is 4. The first-order valence-corrected chi connectivity index (χ1v) is 13.7. The van der Waals surface area contributed by atoms with Crippen LogP contribution in [0.3, 0.4) is 0 Å². The predicted molar refractivity (Wildman–Crippen MR) is 129 cm³/mol. The number of hydrogen-bond donors (Lipinski definition) is 1. The lowest BCUT2D eigenvalue weighted by atomic mass is 10.1. The molecule has 1 aromatic carbocycles. The molecule has 0 unspecified atom stereocenters. The number of anilines is 1. The minimum absolute atomic E-state index is 0.125. The van der Waals surface area contributed by atoms with Crippen molar-refractivity contribution in [1.29, 1.82) is 0 Å². The number of nitrogens with zero attached hydrogens (tertiary/aromatic N) is 4. The molecule has 4 rings (SSSR count). The van der Waals surface area contributed by atoms with E-state index >= 15 is 0 Å². The van der Waals surface area contributed by atoms with Gasteiger partial charge in [0.25, 0.3) is 8.32 Å². The number of nitrogen functional groups attached to an aromatic ring is 1. The number of alkyl halides is 3. The molecule has 6 nitrogen and oxygen atoms in total. The van der Waals surface area contributed by atoms with E-state index in [1.165, 1.54) is 6.07 Å². The summed E-state index contributed by atoms with van der Waals surface area (Å²) in [5.41, 5.74) is 7.65. The highest BCUT2D eigenvalue weighted by Gasteiger charge is 2.41. The number of hydrogen-bond acceptors (Lipinski definition) is 5. The molecule has 0 fully saturated rings. The van der Waals surface area contributed by atoms with E-state index in [0.29, 0.717) is 33.8 Å². The van der Waals surface area contributed by atoms with Crippen LogP contribution in [-0.2, 0) is 6.18 Å². The van der Waals surface area contributed by atoms with Crippen molar-refractivity contribution in [2.45, 2.75) is 45.1 Å². The molecule has 4 aromatic rings. The topological polar surface area (TPSA) is 78.9 Å². The monoisotopic (exact) mass is 485 g/mol. The van der Waals surface area contributed by atoms with Gasteiger partial charge in [0.1, 0.15) is 11.3 Å². The zero-order chi connectivity index (χ0) is 24.9. The van der Waals surface area contributed by atoms with Crippen molar-refractivity contribution < 1.29 is 17.7 Å². The summed E-state index contributed by atoms with van der Waals surface area (Å²) in [4.78, 5) is 13.5. The van der Waals surface area contributed by atoms with Crippen LogP contribution in [0.4, 0.5) is 19.0 Å². The maximum Gasteiger partial charge on any atom is 0.416 e. The van der Waals surface area contributed by atoms with E-state index in [0.717, 1.165) is 12.1 Å². The predicted octanol–water partition coefficient (Wildman–Crippen LogP) is 6.20. The van der Waals surface area contributed by atoms with E-state index < -0.39 is 20.1 Å². The van der Waals surface area contributed by atoms with Crippen LogP contribution in [0.2, 0.25) is 18.1 Å². The zero-order valence-corrected chi connectivity index (χ0v) is 20.6. The van der Waals surface area contributed by atoms with E-state index in [2.05, 4.69) is 43.8 Å². The van der Waals surface area contributed by atoms with Crippen LogP contribution in [-0.4, -0.2) is 28.0 Å². The zero-order valence-electron chi connectivity index (χ0n) is 19.6. The van der Waals surface area contributed by atoms with Crippen molar-refractivity contribution in [2.75, 3.05) is 5.73 Å². The number of imidazole rings is 1. The van der Waals surface area contributed by atoms with Crippen LogP contribution in [0.1, 0.15) is 26.3 Å². The van der Waals surface area contributed by atoms with Gasteiger partial charge in [-0.3, -0.25) is 0 Å². The highest BCUT2D eigenvalue weighted by Crippen LogP contribution is 2.37. The summed E-state index contributed by atoms with van der Waals surface area (Å²) in [7, 11) is -2.37. The summed E-state index contributed by atoms with van der Waals surface area (Å²) in [6.07, 6.45) is -2.86. The highest BCUT2D eigenvalue weighted by molar-refractivity contribution is 6.74. The Labute approximate surface area is 196 Å². The number of fused-ring (bicyclic) bond motifs is 1. The smallest absolute Gasteiger partial charge is 0.416 e. The largest absolute Gasteiger partial charge is 0.466 e. The van der Waals surface area contributed by atoms with E-state index in [4.69, 9.17) is 15.2 Å². The minimum Gasteiger partial charge on any atom is -0.466 e. The second-order valence-corrected chi connectivity index (χ2v) is 14.3. The van der Waals surface area contributed by atoms with E-state index in [1.54, 1.807) is 41.3 Å². The van der Waals surface area contributed by atoms with Crippen LogP contribution in [0.5, 0.6) is 0 Å². The van der Waals surface area contributed by atoms with E-state index in [1.807, 2.05) is 0 Å². The average molecular weight is 486 g/mol. The van der Waals surface area contributed by atoms with Gasteiger partial charge in [-0.2, -0.15) is 17.9 Å². The molecule has 178 valence electrons. The molecule has 0 saturated heterocycles. The van der Waals surface area contributed by atoms with Gasteiger partial charge in [-0.15, -0.1) is 0 Å². The molecule has 3 heterocycles. The summed E-state index contributed by atoms with van der Waals surface area (Å²) < 4.78 is 47.9. The van der Waals surface area contributed by atoms with Crippen molar-refractivity contribution in [2.24, 2.45) is 0 Å². The van der Waals surface area contributed by atoms with Crippen molar-refractivity contribution >= 4 is 25.3 Å². The third-order valence-corrected chi connectivity index (χ3v) is 10.4. The van der Waals surface area contributed by atoms with Gasteiger partial charge < -0.3 is 10.3 Å². The molecule has 3 aromatic heterocycles. The molecular weight excluding hydrogens is 459 g/mol. The Bertz CT molecular complexity index is 1360. The lowest BCUT2D eigenvalue weighted by Gasteiger charge is -2.36. The van der Waals surface area contributed by atoms with Crippen molar-refractivity contribution in [3.63, 3.8) is 0 Å². The number of halogens is 3. The molecule has 10 heteroatoms.